The van der Waals surface area contributed by atoms with E-state index in [0.717, 1.165) is 42.0 Å². The number of hydrogen-bond acceptors (Lipinski definition) is 5. The van der Waals surface area contributed by atoms with Gasteiger partial charge in [-0.15, -0.1) is 0 Å². The summed E-state index contributed by atoms with van der Waals surface area (Å²) in [6.07, 6.45) is 5.51. The third-order valence-corrected chi connectivity index (χ3v) is 4.79. The fraction of sp³-hybridized carbons (Fsp3) is 0.632. The van der Waals surface area contributed by atoms with Crippen LogP contribution >= 0.6 is 0 Å². The van der Waals surface area contributed by atoms with E-state index in [1.54, 1.807) is 7.11 Å². The van der Waals surface area contributed by atoms with Crippen molar-refractivity contribution in [2.45, 2.75) is 64.3 Å². The zero-order chi connectivity index (χ0) is 16.9. The Labute approximate surface area is 143 Å². The van der Waals surface area contributed by atoms with Crippen LogP contribution in [0.3, 0.4) is 0 Å². The van der Waals surface area contributed by atoms with Gasteiger partial charge in [0.05, 0.1) is 18.9 Å². The van der Waals surface area contributed by atoms with Crippen molar-refractivity contribution in [3.63, 3.8) is 0 Å². The van der Waals surface area contributed by atoms with Crippen LogP contribution in [-0.2, 0) is 9.57 Å². The van der Waals surface area contributed by atoms with Gasteiger partial charge in [0.2, 0.25) is 6.29 Å². The van der Waals surface area contributed by atoms with E-state index in [9.17, 15) is 0 Å². The highest BCUT2D eigenvalue weighted by atomic mass is 16.8. The van der Waals surface area contributed by atoms with E-state index in [1.807, 2.05) is 19.9 Å². The zero-order valence-electron chi connectivity index (χ0n) is 14.8. The molecular weight excluding hydrogens is 306 g/mol. The van der Waals surface area contributed by atoms with E-state index in [1.165, 1.54) is 12.8 Å². The molecule has 1 aliphatic heterocycles. The van der Waals surface area contributed by atoms with Crippen LogP contribution < -0.4 is 9.47 Å². The van der Waals surface area contributed by atoms with Gasteiger partial charge in [-0.3, -0.25) is 0 Å². The summed E-state index contributed by atoms with van der Waals surface area (Å²) >= 11 is 0. The molecule has 2 aliphatic rings. The van der Waals surface area contributed by atoms with Crippen LogP contribution in [0.25, 0.3) is 0 Å². The van der Waals surface area contributed by atoms with Crippen LogP contribution in [0.4, 0.5) is 0 Å². The standard InChI is InChI=1S/C19H27NO4/c1-4-22-19-12-16(13(2)20-24-19)14-9-10-17(21-3)18(11-14)23-15-7-5-6-8-15/h9-11,15-16,19H,4-8,12H2,1-3H3/t16-,19+/m1/s1. The number of methoxy groups -OCH3 is 1. The highest BCUT2D eigenvalue weighted by Gasteiger charge is 2.28. The number of rotatable bonds is 6. The Morgan fingerprint density at radius 2 is 2.00 bits per heavy atom. The molecule has 3 rings (SSSR count). The average molecular weight is 333 g/mol. The largest absolute Gasteiger partial charge is 0.493 e. The van der Waals surface area contributed by atoms with Crippen molar-refractivity contribution in [2.24, 2.45) is 5.16 Å². The number of oxime groups is 1. The summed E-state index contributed by atoms with van der Waals surface area (Å²) < 4.78 is 17.3. The smallest absolute Gasteiger partial charge is 0.227 e. The molecule has 1 aromatic rings. The lowest BCUT2D eigenvalue weighted by Gasteiger charge is -2.27. The van der Waals surface area contributed by atoms with Crippen LogP contribution in [0.1, 0.15) is 57.4 Å². The maximum Gasteiger partial charge on any atom is 0.227 e. The predicted molar refractivity (Wildman–Crippen MR) is 92.8 cm³/mol. The Morgan fingerprint density at radius 1 is 1.21 bits per heavy atom. The molecule has 0 spiro atoms. The number of ether oxygens (including phenoxy) is 3. The SMILES string of the molecule is CCO[C@@H]1C[C@@H](c2ccc(OC)c(OC3CCCC3)c2)C(C)=NO1. The van der Waals surface area contributed by atoms with Crippen LogP contribution in [0.2, 0.25) is 0 Å². The molecule has 0 saturated heterocycles. The fourth-order valence-electron chi connectivity index (χ4n) is 3.46. The van der Waals surface area contributed by atoms with Gasteiger partial charge in [-0.2, -0.15) is 0 Å². The van der Waals surface area contributed by atoms with Gasteiger partial charge in [-0.05, 0) is 57.2 Å². The molecule has 2 atom stereocenters. The van der Waals surface area contributed by atoms with Crippen LogP contribution in [0.5, 0.6) is 11.5 Å². The quantitative estimate of drug-likeness (QED) is 0.780. The van der Waals surface area contributed by atoms with Crippen molar-refractivity contribution < 1.29 is 19.0 Å². The normalized spacial score (nSPS) is 24.4. The Bertz CT molecular complexity index is 581. The molecule has 1 fully saturated rings. The van der Waals surface area contributed by atoms with E-state index < -0.39 is 0 Å². The summed E-state index contributed by atoms with van der Waals surface area (Å²) in [5.74, 6) is 1.79. The summed E-state index contributed by atoms with van der Waals surface area (Å²) in [6.45, 7) is 4.57. The molecule has 0 unspecified atom stereocenters. The lowest BCUT2D eigenvalue weighted by molar-refractivity contribution is -0.149. The second kappa shape index (κ2) is 7.88. The van der Waals surface area contributed by atoms with Crippen molar-refractivity contribution in [3.8, 4) is 11.5 Å². The van der Waals surface area contributed by atoms with Gasteiger partial charge >= 0.3 is 0 Å². The lowest BCUT2D eigenvalue weighted by atomic mass is 9.90. The first-order valence-corrected chi connectivity index (χ1v) is 8.87. The predicted octanol–water partition coefficient (Wildman–Crippen LogP) is 4.26. The molecule has 1 aliphatic carbocycles. The van der Waals surface area contributed by atoms with Gasteiger partial charge in [0.1, 0.15) is 0 Å². The third-order valence-electron chi connectivity index (χ3n) is 4.79. The molecule has 5 heteroatoms. The fourth-order valence-corrected chi connectivity index (χ4v) is 3.46. The zero-order valence-corrected chi connectivity index (χ0v) is 14.8. The Balaban J connectivity index is 1.81. The van der Waals surface area contributed by atoms with Crippen LogP contribution in [0.15, 0.2) is 23.4 Å². The first kappa shape index (κ1) is 17.1. The minimum absolute atomic E-state index is 0.173. The van der Waals surface area contributed by atoms with Crippen molar-refractivity contribution in [3.05, 3.63) is 23.8 Å². The van der Waals surface area contributed by atoms with E-state index in [2.05, 4.69) is 17.3 Å². The van der Waals surface area contributed by atoms with Crippen LogP contribution in [0, 0.1) is 0 Å². The summed E-state index contributed by atoms with van der Waals surface area (Å²) in [6, 6.07) is 6.16. The van der Waals surface area contributed by atoms with Crippen molar-refractivity contribution in [1.82, 2.24) is 0 Å². The maximum atomic E-state index is 6.21. The number of nitrogens with zero attached hydrogens (tertiary/aromatic N) is 1. The first-order valence-electron chi connectivity index (χ1n) is 8.87. The maximum absolute atomic E-state index is 6.21. The lowest BCUT2D eigenvalue weighted by Crippen LogP contribution is -2.27. The van der Waals surface area contributed by atoms with Gasteiger partial charge < -0.3 is 19.0 Å². The van der Waals surface area contributed by atoms with Crippen LogP contribution in [-0.4, -0.2) is 31.8 Å². The molecule has 132 valence electrons. The molecule has 0 aromatic heterocycles. The third kappa shape index (κ3) is 3.83. The molecular formula is C19H27NO4. The minimum atomic E-state index is -0.287. The second-order valence-corrected chi connectivity index (χ2v) is 6.45. The van der Waals surface area contributed by atoms with Crippen molar-refractivity contribution in [1.29, 1.82) is 0 Å². The molecule has 0 radical (unpaired) electrons. The number of benzene rings is 1. The van der Waals surface area contributed by atoms with Gasteiger partial charge in [-0.25, -0.2) is 0 Å². The van der Waals surface area contributed by atoms with E-state index in [0.29, 0.717) is 12.7 Å². The number of hydrogen-bond donors (Lipinski definition) is 0. The Hall–Kier alpha value is -1.75. The van der Waals surface area contributed by atoms with E-state index >= 15 is 0 Å². The topological polar surface area (TPSA) is 49.3 Å². The minimum Gasteiger partial charge on any atom is -0.493 e. The molecule has 0 bridgehead atoms. The summed E-state index contributed by atoms with van der Waals surface area (Å²) in [4.78, 5) is 5.37. The highest BCUT2D eigenvalue weighted by Crippen LogP contribution is 2.37. The Kier molecular flexibility index (Phi) is 5.61. The molecule has 0 N–H and O–H groups in total. The molecule has 1 aromatic carbocycles. The molecule has 1 heterocycles. The summed E-state index contributed by atoms with van der Waals surface area (Å²) in [5, 5.41) is 4.18. The van der Waals surface area contributed by atoms with E-state index in [-0.39, 0.29) is 12.2 Å². The van der Waals surface area contributed by atoms with Crippen molar-refractivity contribution in [2.75, 3.05) is 13.7 Å². The monoisotopic (exact) mass is 333 g/mol. The molecule has 24 heavy (non-hydrogen) atoms. The molecule has 0 amide bonds. The molecule has 5 nitrogen and oxygen atoms in total. The van der Waals surface area contributed by atoms with Crippen molar-refractivity contribution >= 4 is 5.71 Å². The summed E-state index contributed by atoms with van der Waals surface area (Å²) in [7, 11) is 1.68. The van der Waals surface area contributed by atoms with Gasteiger partial charge in [0.25, 0.3) is 0 Å². The first-order chi connectivity index (χ1) is 11.7. The highest BCUT2D eigenvalue weighted by molar-refractivity contribution is 5.89. The molecule has 1 saturated carbocycles. The summed E-state index contributed by atoms with van der Waals surface area (Å²) in [5.41, 5.74) is 2.13. The Morgan fingerprint density at radius 3 is 2.71 bits per heavy atom. The average Bonchev–Trinajstić information content (AvgIpc) is 3.10. The van der Waals surface area contributed by atoms with Gasteiger partial charge in [-0.1, -0.05) is 11.2 Å². The van der Waals surface area contributed by atoms with Gasteiger partial charge in [0, 0.05) is 18.9 Å². The second-order valence-electron chi connectivity index (χ2n) is 6.45. The van der Waals surface area contributed by atoms with E-state index in [4.69, 9.17) is 19.0 Å². The van der Waals surface area contributed by atoms with Gasteiger partial charge in [0.15, 0.2) is 11.5 Å².